The van der Waals surface area contributed by atoms with Crippen LogP contribution in [0.4, 0.5) is 5.82 Å². The van der Waals surface area contributed by atoms with Gasteiger partial charge in [0.2, 0.25) is 0 Å². The van der Waals surface area contributed by atoms with E-state index in [9.17, 15) is 0 Å². The molecular formula is C14H16BrN3S. The lowest BCUT2D eigenvalue weighted by molar-refractivity contribution is 1.03. The minimum absolute atomic E-state index is 0.501. The zero-order valence-corrected chi connectivity index (χ0v) is 13.2. The lowest BCUT2D eigenvalue weighted by Crippen LogP contribution is -2.02. The van der Waals surface area contributed by atoms with Crippen molar-refractivity contribution in [1.29, 1.82) is 0 Å². The van der Waals surface area contributed by atoms with Gasteiger partial charge in [-0.3, -0.25) is 0 Å². The normalized spacial score (nSPS) is 10.6. The number of aromatic nitrogens is 2. The van der Waals surface area contributed by atoms with E-state index in [1.807, 2.05) is 42.1 Å². The molecule has 1 aromatic heterocycles. The molecule has 0 aliphatic carbocycles. The van der Waals surface area contributed by atoms with Gasteiger partial charge in [-0.2, -0.15) is 11.8 Å². The highest BCUT2D eigenvalue weighted by Gasteiger charge is 2.11. The summed E-state index contributed by atoms with van der Waals surface area (Å²) in [7, 11) is 0. The minimum Gasteiger partial charge on any atom is -0.383 e. The van der Waals surface area contributed by atoms with Crippen molar-refractivity contribution in [3.8, 4) is 11.3 Å². The molecule has 0 spiro atoms. The first kappa shape index (κ1) is 14.3. The summed E-state index contributed by atoms with van der Waals surface area (Å²) in [6.45, 7) is 2.17. The Kier molecular flexibility index (Phi) is 5.22. The molecule has 0 unspecified atom stereocenters. The first-order chi connectivity index (χ1) is 9.22. The third kappa shape index (κ3) is 3.70. The van der Waals surface area contributed by atoms with Gasteiger partial charge in [-0.15, -0.1) is 0 Å². The summed E-state index contributed by atoms with van der Waals surface area (Å²) < 4.78 is 0.767. The Morgan fingerprint density at radius 2 is 1.95 bits per heavy atom. The molecule has 19 heavy (non-hydrogen) atoms. The average molecular weight is 338 g/mol. The van der Waals surface area contributed by atoms with Crippen LogP contribution in [-0.4, -0.2) is 15.7 Å². The van der Waals surface area contributed by atoms with E-state index >= 15 is 0 Å². The van der Waals surface area contributed by atoms with Crippen molar-refractivity contribution in [3.05, 3.63) is 40.6 Å². The summed E-state index contributed by atoms with van der Waals surface area (Å²) in [6.07, 6.45) is 1.15. The number of halogens is 1. The van der Waals surface area contributed by atoms with Crippen LogP contribution in [-0.2, 0) is 5.75 Å². The van der Waals surface area contributed by atoms with Crippen LogP contribution in [0.3, 0.4) is 0 Å². The van der Waals surface area contributed by atoms with Crippen molar-refractivity contribution in [2.45, 2.75) is 19.1 Å². The molecule has 2 N–H and O–H groups in total. The first-order valence-corrected chi connectivity index (χ1v) is 8.12. The number of nitrogens with two attached hydrogens (primary N) is 1. The summed E-state index contributed by atoms with van der Waals surface area (Å²) >= 11 is 5.31. The third-order valence-electron chi connectivity index (χ3n) is 2.55. The lowest BCUT2D eigenvalue weighted by Gasteiger charge is -2.09. The van der Waals surface area contributed by atoms with Crippen LogP contribution >= 0.6 is 27.7 Å². The van der Waals surface area contributed by atoms with Gasteiger partial charge in [0.1, 0.15) is 11.6 Å². The predicted octanol–water partition coefficient (Wildman–Crippen LogP) is 4.13. The Balaban J connectivity index is 2.32. The second-order valence-electron chi connectivity index (χ2n) is 4.11. The van der Waals surface area contributed by atoms with Gasteiger partial charge < -0.3 is 5.73 Å². The molecule has 0 saturated carbocycles. The molecule has 5 heteroatoms. The highest BCUT2D eigenvalue weighted by Crippen LogP contribution is 2.30. The number of nitrogens with zero attached hydrogens (tertiary/aromatic N) is 2. The van der Waals surface area contributed by atoms with Crippen LogP contribution in [0.2, 0.25) is 0 Å². The molecule has 0 bridgehead atoms. The van der Waals surface area contributed by atoms with E-state index < -0.39 is 0 Å². The molecule has 0 amide bonds. The summed E-state index contributed by atoms with van der Waals surface area (Å²) in [5.41, 5.74) is 7.86. The molecule has 0 aliphatic heterocycles. The molecule has 0 radical (unpaired) electrons. The molecular weight excluding hydrogens is 322 g/mol. The highest BCUT2D eigenvalue weighted by atomic mass is 79.9. The summed E-state index contributed by atoms with van der Waals surface area (Å²) in [5, 5.41) is 0. The Hall–Kier alpha value is -1.07. The fourth-order valence-electron chi connectivity index (χ4n) is 1.67. The molecule has 0 fully saturated rings. The molecule has 0 aliphatic rings. The van der Waals surface area contributed by atoms with E-state index in [0.29, 0.717) is 5.82 Å². The van der Waals surface area contributed by atoms with Crippen LogP contribution < -0.4 is 5.73 Å². The molecule has 2 rings (SSSR count). The van der Waals surface area contributed by atoms with E-state index in [1.54, 1.807) is 0 Å². The largest absolute Gasteiger partial charge is 0.383 e. The van der Waals surface area contributed by atoms with Crippen molar-refractivity contribution < 1.29 is 0 Å². The number of thioether (sulfide) groups is 1. The van der Waals surface area contributed by atoms with Crippen molar-refractivity contribution >= 4 is 33.5 Å². The number of anilines is 1. The fraction of sp³-hybridized carbons (Fsp3) is 0.286. The molecule has 0 saturated heterocycles. The number of hydrogen-bond acceptors (Lipinski definition) is 4. The quantitative estimate of drug-likeness (QED) is 0.833. The summed E-state index contributed by atoms with van der Waals surface area (Å²) in [5.74, 6) is 3.20. The van der Waals surface area contributed by atoms with Crippen LogP contribution in [0.25, 0.3) is 11.3 Å². The van der Waals surface area contributed by atoms with Crippen molar-refractivity contribution in [2.24, 2.45) is 0 Å². The van der Waals surface area contributed by atoms with Crippen LogP contribution in [0.5, 0.6) is 0 Å². The predicted molar refractivity (Wildman–Crippen MR) is 86.0 cm³/mol. The molecule has 100 valence electrons. The lowest BCUT2D eigenvalue weighted by atomic mass is 10.1. The van der Waals surface area contributed by atoms with Gasteiger partial charge in [0.15, 0.2) is 0 Å². The van der Waals surface area contributed by atoms with Crippen molar-refractivity contribution in [1.82, 2.24) is 9.97 Å². The molecule has 3 nitrogen and oxygen atoms in total. The number of hydrogen-bond donors (Lipinski definition) is 1. The van der Waals surface area contributed by atoms with Gasteiger partial charge in [-0.1, -0.05) is 37.3 Å². The Morgan fingerprint density at radius 1 is 1.21 bits per heavy atom. The van der Waals surface area contributed by atoms with E-state index in [1.165, 1.54) is 0 Å². The smallest absolute Gasteiger partial charge is 0.142 e. The average Bonchev–Trinajstić information content (AvgIpc) is 2.44. The molecule has 1 heterocycles. The maximum Gasteiger partial charge on any atom is 0.142 e. The number of rotatable bonds is 5. The minimum atomic E-state index is 0.501. The number of benzene rings is 1. The van der Waals surface area contributed by atoms with Crippen LogP contribution in [0, 0.1) is 0 Å². The zero-order valence-electron chi connectivity index (χ0n) is 10.8. The second-order valence-corrected chi connectivity index (χ2v) is 6.00. The van der Waals surface area contributed by atoms with Gasteiger partial charge in [-0.25, -0.2) is 9.97 Å². The fourth-order valence-corrected chi connectivity index (χ4v) is 2.82. The summed E-state index contributed by atoms with van der Waals surface area (Å²) in [4.78, 5) is 8.95. The monoisotopic (exact) mass is 337 g/mol. The molecule has 0 atom stereocenters. The van der Waals surface area contributed by atoms with Crippen molar-refractivity contribution in [2.75, 3.05) is 11.5 Å². The number of nitrogen functional groups attached to an aromatic ring is 1. The van der Waals surface area contributed by atoms with Gasteiger partial charge in [0.05, 0.1) is 15.9 Å². The van der Waals surface area contributed by atoms with E-state index in [2.05, 4.69) is 32.8 Å². The van der Waals surface area contributed by atoms with E-state index in [-0.39, 0.29) is 0 Å². The Labute approximate surface area is 126 Å². The van der Waals surface area contributed by atoms with Gasteiger partial charge in [-0.05, 0) is 28.1 Å². The Bertz CT molecular complexity index is 546. The SMILES string of the molecule is CCCSCc1nc(N)c(Br)c(-c2ccccc2)n1. The maximum absolute atomic E-state index is 5.96. The van der Waals surface area contributed by atoms with E-state index in [4.69, 9.17) is 5.73 Å². The summed E-state index contributed by atoms with van der Waals surface area (Å²) in [6, 6.07) is 10.0. The highest BCUT2D eigenvalue weighted by molar-refractivity contribution is 9.10. The van der Waals surface area contributed by atoms with Gasteiger partial charge in [0.25, 0.3) is 0 Å². The van der Waals surface area contributed by atoms with Crippen LogP contribution in [0.1, 0.15) is 19.2 Å². The van der Waals surface area contributed by atoms with Gasteiger partial charge >= 0.3 is 0 Å². The standard InChI is InChI=1S/C14H16BrN3S/c1-2-8-19-9-11-17-13(12(15)14(16)18-11)10-6-4-3-5-7-10/h3-7H,2,8-9H2,1H3,(H2,16,17,18). The van der Waals surface area contributed by atoms with Crippen molar-refractivity contribution in [3.63, 3.8) is 0 Å². The second kappa shape index (κ2) is 6.91. The first-order valence-electron chi connectivity index (χ1n) is 6.17. The third-order valence-corrected chi connectivity index (χ3v) is 4.49. The van der Waals surface area contributed by atoms with Gasteiger partial charge in [0, 0.05) is 5.56 Å². The maximum atomic E-state index is 5.96. The topological polar surface area (TPSA) is 51.8 Å². The molecule has 2 aromatic rings. The van der Waals surface area contributed by atoms with Crippen LogP contribution in [0.15, 0.2) is 34.8 Å². The zero-order chi connectivity index (χ0) is 13.7. The molecule has 1 aromatic carbocycles. The Morgan fingerprint density at radius 3 is 2.63 bits per heavy atom. The van der Waals surface area contributed by atoms with E-state index in [0.717, 1.165) is 39.5 Å².